The molecule has 0 aliphatic rings. The van der Waals surface area contributed by atoms with Gasteiger partial charge in [-0.1, -0.05) is 30.3 Å². The van der Waals surface area contributed by atoms with Gasteiger partial charge in [0.2, 0.25) is 5.91 Å². The van der Waals surface area contributed by atoms with Crippen LogP contribution >= 0.6 is 11.8 Å². The van der Waals surface area contributed by atoms with Crippen molar-refractivity contribution in [2.45, 2.75) is 10.5 Å². The molecule has 2 heterocycles. The van der Waals surface area contributed by atoms with Gasteiger partial charge in [0, 0.05) is 14.1 Å². The molecular weight excluding hydrogens is 314 g/mol. The molecule has 0 saturated carbocycles. The lowest BCUT2D eigenvalue weighted by atomic mass is 10.1. The van der Waals surface area contributed by atoms with E-state index in [9.17, 15) is 4.79 Å². The molecule has 0 unspecified atom stereocenters. The van der Waals surface area contributed by atoms with Gasteiger partial charge in [-0.15, -0.1) is 10.2 Å². The molecule has 3 rings (SSSR count). The van der Waals surface area contributed by atoms with Crippen molar-refractivity contribution in [3.05, 3.63) is 54.3 Å². The molecule has 118 valence electrons. The molecule has 0 aliphatic carbocycles. The lowest BCUT2D eigenvalue weighted by Gasteiger charge is -2.18. The van der Waals surface area contributed by atoms with Crippen LogP contribution in [0.2, 0.25) is 0 Å². The number of likely N-dealkylation sites (N-methyl/N-ethyl adjacent to an activating group) is 1. The lowest BCUT2D eigenvalue weighted by molar-refractivity contribution is -0.128. The zero-order valence-electron chi connectivity index (χ0n) is 12.7. The Hall–Kier alpha value is -2.54. The Kier molecular flexibility index (Phi) is 4.47. The van der Waals surface area contributed by atoms with E-state index in [-0.39, 0.29) is 5.91 Å². The summed E-state index contributed by atoms with van der Waals surface area (Å²) in [4.78, 5) is 14.0. The molecule has 0 radical (unpaired) electrons. The SMILES string of the molecule is CN(C)C(=O)[C@@H](Sc1nnc(-c2ccco2)o1)c1ccccc1. The molecule has 0 bridgehead atoms. The van der Waals surface area contributed by atoms with Crippen LogP contribution in [0.5, 0.6) is 0 Å². The third-order valence-electron chi connectivity index (χ3n) is 3.12. The van der Waals surface area contributed by atoms with Crippen molar-refractivity contribution in [1.82, 2.24) is 15.1 Å². The fourth-order valence-electron chi connectivity index (χ4n) is 1.98. The first-order chi connectivity index (χ1) is 11.1. The number of aromatic nitrogens is 2. The Morgan fingerprint density at radius 2 is 1.91 bits per heavy atom. The second-order valence-corrected chi connectivity index (χ2v) is 6.05. The van der Waals surface area contributed by atoms with E-state index in [0.29, 0.717) is 16.9 Å². The van der Waals surface area contributed by atoms with Gasteiger partial charge < -0.3 is 13.7 Å². The predicted octanol–water partition coefficient (Wildman–Crippen LogP) is 3.25. The second kappa shape index (κ2) is 6.70. The van der Waals surface area contributed by atoms with E-state index in [1.165, 1.54) is 18.0 Å². The van der Waals surface area contributed by atoms with Gasteiger partial charge in [0.25, 0.3) is 11.1 Å². The number of carbonyl (C=O) groups excluding carboxylic acids is 1. The van der Waals surface area contributed by atoms with Crippen LogP contribution in [0.3, 0.4) is 0 Å². The van der Waals surface area contributed by atoms with Crippen molar-refractivity contribution < 1.29 is 13.6 Å². The molecule has 23 heavy (non-hydrogen) atoms. The average molecular weight is 329 g/mol. The Balaban J connectivity index is 1.86. The third-order valence-corrected chi connectivity index (χ3v) is 4.20. The molecule has 0 fully saturated rings. The summed E-state index contributed by atoms with van der Waals surface area (Å²) in [6.45, 7) is 0. The lowest BCUT2D eigenvalue weighted by Crippen LogP contribution is -2.26. The van der Waals surface area contributed by atoms with E-state index in [1.807, 2.05) is 30.3 Å². The molecule has 7 heteroatoms. The van der Waals surface area contributed by atoms with Gasteiger partial charge in [-0.05, 0) is 29.5 Å². The topological polar surface area (TPSA) is 72.4 Å². The van der Waals surface area contributed by atoms with Crippen LogP contribution in [0.4, 0.5) is 0 Å². The van der Waals surface area contributed by atoms with Gasteiger partial charge in [-0.2, -0.15) is 0 Å². The molecule has 0 N–H and O–H groups in total. The van der Waals surface area contributed by atoms with Crippen molar-refractivity contribution in [3.8, 4) is 11.7 Å². The normalized spacial score (nSPS) is 12.1. The maximum atomic E-state index is 12.5. The third kappa shape index (κ3) is 3.45. The van der Waals surface area contributed by atoms with Crippen LogP contribution < -0.4 is 0 Å². The first kappa shape index (κ1) is 15.4. The number of furan rings is 1. The van der Waals surface area contributed by atoms with E-state index in [1.54, 1.807) is 31.1 Å². The van der Waals surface area contributed by atoms with E-state index in [2.05, 4.69) is 10.2 Å². The average Bonchev–Trinajstić information content (AvgIpc) is 3.24. The zero-order valence-corrected chi connectivity index (χ0v) is 13.5. The highest BCUT2D eigenvalue weighted by Crippen LogP contribution is 2.36. The largest absolute Gasteiger partial charge is 0.459 e. The number of benzene rings is 1. The minimum atomic E-state index is -0.448. The highest BCUT2D eigenvalue weighted by atomic mass is 32.2. The highest BCUT2D eigenvalue weighted by Gasteiger charge is 2.26. The monoisotopic (exact) mass is 329 g/mol. The van der Waals surface area contributed by atoms with Crippen LogP contribution in [0.25, 0.3) is 11.7 Å². The highest BCUT2D eigenvalue weighted by molar-refractivity contribution is 8.00. The Morgan fingerprint density at radius 1 is 1.13 bits per heavy atom. The van der Waals surface area contributed by atoms with Gasteiger partial charge in [-0.3, -0.25) is 4.79 Å². The summed E-state index contributed by atoms with van der Waals surface area (Å²) >= 11 is 1.22. The molecule has 1 atom stereocenters. The standard InChI is InChI=1S/C16H15N3O3S/c1-19(2)15(20)13(11-7-4-3-5-8-11)23-16-18-17-14(22-16)12-9-6-10-21-12/h3-10,13H,1-2H3/t13-/m0/s1. The van der Waals surface area contributed by atoms with Crippen molar-refractivity contribution in [1.29, 1.82) is 0 Å². The molecule has 0 spiro atoms. The van der Waals surface area contributed by atoms with Crippen molar-refractivity contribution in [3.63, 3.8) is 0 Å². The molecule has 3 aromatic rings. The van der Waals surface area contributed by atoms with E-state index in [4.69, 9.17) is 8.83 Å². The van der Waals surface area contributed by atoms with Crippen LogP contribution in [0.1, 0.15) is 10.8 Å². The molecule has 1 aromatic carbocycles. The summed E-state index contributed by atoms with van der Waals surface area (Å²) in [6, 6.07) is 13.0. The fraction of sp³-hybridized carbons (Fsp3) is 0.188. The van der Waals surface area contributed by atoms with Crippen LogP contribution in [-0.4, -0.2) is 35.1 Å². The number of hydrogen-bond acceptors (Lipinski definition) is 6. The number of nitrogens with zero attached hydrogens (tertiary/aromatic N) is 3. The van der Waals surface area contributed by atoms with Crippen LogP contribution in [0.15, 0.2) is 62.8 Å². The summed E-state index contributed by atoms with van der Waals surface area (Å²) in [5.41, 5.74) is 0.883. The number of thioether (sulfide) groups is 1. The zero-order chi connectivity index (χ0) is 16.2. The first-order valence-corrected chi connectivity index (χ1v) is 7.83. The Morgan fingerprint density at radius 3 is 2.57 bits per heavy atom. The summed E-state index contributed by atoms with van der Waals surface area (Å²) in [6.07, 6.45) is 1.54. The minimum absolute atomic E-state index is 0.0426. The Labute approximate surface area is 137 Å². The van der Waals surface area contributed by atoms with Gasteiger partial charge >= 0.3 is 0 Å². The maximum Gasteiger partial charge on any atom is 0.284 e. The van der Waals surface area contributed by atoms with Gasteiger partial charge in [-0.25, -0.2) is 0 Å². The summed E-state index contributed by atoms with van der Waals surface area (Å²) < 4.78 is 10.8. The van der Waals surface area contributed by atoms with E-state index in [0.717, 1.165) is 5.56 Å². The molecular formula is C16H15N3O3S. The first-order valence-electron chi connectivity index (χ1n) is 6.95. The van der Waals surface area contributed by atoms with Gasteiger partial charge in [0.05, 0.1) is 6.26 Å². The quantitative estimate of drug-likeness (QED) is 0.669. The second-order valence-electron chi connectivity index (χ2n) is 4.99. The smallest absolute Gasteiger partial charge is 0.284 e. The summed E-state index contributed by atoms with van der Waals surface area (Å²) in [5, 5.41) is 7.82. The van der Waals surface area contributed by atoms with E-state index >= 15 is 0 Å². The van der Waals surface area contributed by atoms with Gasteiger partial charge in [0.15, 0.2) is 5.76 Å². The summed E-state index contributed by atoms with van der Waals surface area (Å²) in [7, 11) is 3.45. The molecule has 2 aromatic heterocycles. The van der Waals surface area contributed by atoms with Crippen molar-refractivity contribution in [2.24, 2.45) is 0 Å². The number of carbonyl (C=O) groups is 1. The minimum Gasteiger partial charge on any atom is -0.459 e. The molecule has 0 saturated heterocycles. The van der Waals surface area contributed by atoms with Crippen molar-refractivity contribution >= 4 is 17.7 Å². The van der Waals surface area contributed by atoms with Crippen LogP contribution in [0, 0.1) is 0 Å². The molecule has 6 nitrogen and oxygen atoms in total. The number of amides is 1. The molecule has 1 amide bonds. The molecule has 0 aliphatic heterocycles. The Bertz CT molecular complexity index is 769. The van der Waals surface area contributed by atoms with Gasteiger partial charge in [0.1, 0.15) is 5.25 Å². The number of hydrogen-bond donors (Lipinski definition) is 0. The summed E-state index contributed by atoms with van der Waals surface area (Å²) in [5.74, 6) is 0.750. The van der Waals surface area contributed by atoms with E-state index < -0.39 is 5.25 Å². The van der Waals surface area contributed by atoms with Crippen LogP contribution in [-0.2, 0) is 4.79 Å². The predicted molar refractivity (Wildman–Crippen MR) is 85.7 cm³/mol. The number of rotatable bonds is 5. The fourth-order valence-corrected chi connectivity index (χ4v) is 3.00. The maximum absolute atomic E-state index is 12.5. The van der Waals surface area contributed by atoms with Crippen molar-refractivity contribution in [2.75, 3.05) is 14.1 Å².